The van der Waals surface area contributed by atoms with Crippen molar-refractivity contribution in [3.63, 3.8) is 0 Å². The van der Waals surface area contributed by atoms with E-state index >= 15 is 0 Å². The van der Waals surface area contributed by atoms with Crippen LogP contribution in [-0.2, 0) is 9.53 Å². The zero-order chi connectivity index (χ0) is 12.7. The highest BCUT2D eigenvalue weighted by Crippen LogP contribution is 2.66. The van der Waals surface area contributed by atoms with Crippen LogP contribution >= 0.6 is 47.8 Å². The topological polar surface area (TPSA) is 49.8 Å². The Bertz CT molecular complexity index is 326. The van der Waals surface area contributed by atoms with E-state index in [1.54, 1.807) is 0 Å². The van der Waals surface area contributed by atoms with Gasteiger partial charge in [0, 0.05) is 13.1 Å². The minimum Gasteiger partial charge on any atom is -0.479 e. The summed E-state index contributed by atoms with van der Waals surface area (Å²) in [6.07, 6.45) is 1.34. The van der Waals surface area contributed by atoms with Gasteiger partial charge in [-0.15, -0.1) is 0 Å². The van der Waals surface area contributed by atoms with E-state index in [-0.39, 0.29) is 7.56 Å². The van der Waals surface area contributed by atoms with Gasteiger partial charge in [-0.05, 0) is 19.4 Å². The lowest BCUT2D eigenvalue weighted by Crippen LogP contribution is -2.46. The molecule has 98 valence electrons. The number of carboxylic acid groups (broad SMARTS) is 1. The monoisotopic (exact) mass is 433 g/mol. The van der Waals surface area contributed by atoms with Crippen molar-refractivity contribution in [1.29, 1.82) is 0 Å². The summed E-state index contributed by atoms with van der Waals surface area (Å²) < 4.78 is 5.29. The number of carbonyl (C=O) groups is 1. The smallest absolute Gasteiger partial charge is 0.334 e. The Labute approximate surface area is 125 Å². The van der Waals surface area contributed by atoms with Crippen LogP contribution < -0.4 is 0 Å². The number of ether oxygens (including phenoxy) is 1. The Morgan fingerprint density at radius 3 is 2.65 bits per heavy atom. The Morgan fingerprint density at radius 1 is 1.47 bits per heavy atom. The molecule has 1 aliphatic carbocycles. The minimum atomic E-state index is -0.870. The molecule has 4 nitrogen and oxygen atoms in total. The SMILES string of the molecule is O=C(O)C1CN(CCC2(Br)CC2(Br)Br)CCO1. The molecule has 2 fully saturated rings. The van der Waals surface area contributed by atoms with Gasteiger partial charge in [-0.1, -0.05) is 47.8 Å². The molecule has 0 radical (unpaired) electrons. The highest BCUT2D eigenvalue weighted by atomic mass is 79.9. The van der Waals surface area contributed by atoms with E-state index in [2.05, 4.69) is 52.7 Å². The normalized spacial score (nSPS) is 36.8. The minimum absolute atomic E-state index is 0.00544. The summed E-state index contributed by atoms with van der Waals surface area (Å²) in [5.41, 5.74) is 0. The third-order valence-electron chi connectivity index (χ3n) is 3.28. The zero-order valence-electron chi connectivity index (χ0n) is 9.16. The van der Waals surface area contributed by atoms with Gasteiger partial charge in [0.2, 0.25) is 0 Å². The third kappa shape index (κ3) is 3.23. The summed E-state index contributed by atoms with van der Waals surface area (Å²) in [5, 5.41) is 8.90. The third-order valence-corrected chi connectivity index (χ3v) is 7.78. The van der Waals surface area contributed by atoms with Crippen molar-refractivity contribution in [3.05, 3.63) is 0 Å². The van der Waals surface area contributed by atoms with Crippen LogP contribution in [0.5, 0.6) is 0 Å². The number of morpholine rings is 1. The van der Waals surface area contributed by atoms with Crippen molar-refractivity contribution < 1.29 is 14.6 Å². The zero-order valence-corrected chi connectivity index (χ0v) is 13.9. The van der Waals surface area contributed by atoms with E-state index in [4.69, 9.17) is 9.84 Å². The first-order valence-electron chi connectivity index (χ1n) is 5.48. The molecule has 1 N–H and O–H groups in total. The molecule has 0 aromatic rings. The van der Waals surface area contributed by atoms with Crippen molar-refractivity contribution in [2.75, 3.05) is 26.2 Å². The van der Waals surface area contributed by atoms with Gasteiger partial charge in [-0.2, -0.15) is 0 Å². The molecule has 1 saturated carbocycles. The van der Waals surface area contributed by atoms with Crippen LogP contribution in [0.1, 0.15) is 12.8 Å². The molecule has 0 amide bonds. The van der Waals surface area contributed by atoms with Gasteiger partial charge in [-0.25, -0.2) is 4.79 Å². The lowest BCUT2D eigenvalue weighted by Gasteiger charge is -2.31. The predicted molar refractivity (Wildman–Crippen MR) is 75.3 cm³/mol. The van der Waals surface area contributed by atoms with Crippen LogP contribution in [0.25, 0.3) is 0 Å². The van der Waals surface area contributed by atoms with E-state index in [1.165, 1.54) is 0 Å². The molecule has 2 aliphatic rings. The summed E-state index contributed by atoms with van der Waals surface area (Å²) >= 11 is 10.9. The van der Waals surface area contributed by atoms with Crippen LogP contribution in [0, 0.1) is 0 Å². The maximum absolute atomic E-state index is 10.8. The molecule has 0 spiro atoms. The highest BCUT2D eigenvalue weighted by Gasteiger charge is 2.63. The number of halogens is 3. The Balaban J connectivity index is 1.78. The Hall–Kier alpha value is 0.830. The largest absolute Gasteiger partial charge is 0.479 e. The van der Waals surface area contributed by atoms with E-state index in [9.17, 15) is 4.79 Å². The summed E-state index contributed by atoms with van der Waals surface area (Å²) in [5.74, 6) is -0.870. The summed E-state index contributed by atoms with van der Waals surface area (Å²) in [4.78, 5) is 13.0. The maximum Gasteiger partial charge on any atom is 0.334 e. The molecule has 1 heterocycles. The van der Waals surface area contributed by atoms with Gasteiger partial charge < -0.3 is 9.84 Å². The predicted octanol–water partition coefficient (Wildman–Crippen LogP) is 2.19. The number of carboxylic acids is 1. The summed E-state index contributed by atoms with van der Waals surface area (Å²) in [7, 11) is 0. The number of hydrogen-bond acceptors (Lipinski definition) is 3. The molecule has 0 aromatic heterocycles. The number of hydrogen-bond donors (Lipinski definition) is 1. The Kier molecular flexibility index (Phi) is 4.25. The average Bonchev–Trinajstić information content (AvgIpc) is 2.76. The van der Waals surface area contributed by atoms with Gasteiger partial charge in [0.15, 0.2) is 6.10 Å². The van der Waals surface area contributed by atoms with Crippen LogP contribution in [0.2, 0.25) is 0 Å². The van der Waals surface area contributed by atoms with Crippen LogP contribution in [0.3, 0.4) is 0 Å². The number of aliphatic carboxylic acids is 1. The molecule has 17 heavy (non-hydrogen) atoms. The van der Waals surface area contributed by atoms with Crippen LogP contribution in [0.4, 0.5) is 0 Å². The van der Waals surface area contributed by atoms with Crippen molar-refractivity contribution in [2.24, 2.45) is 0 Å². The van der Waals surface area contributed by atoms with Crippen LogP contribution in [0.15, 0.2) is 0 Å². The molecular weight excluding hydrogens is 422 g/mol. The second kappa shape index (κ2) is 5.07. The summed E-state index contributed by atoms with van der Waals surface area (Å²) in [6, 6.07) is 0. The molecule has 2 rings (SSSR count). The Morgan fingerprint density at radius 2 is 2.12 bits per heavy atom. The molecule has 0 bridgehead atoms. The molecule has 2 atom stereocenters. The number of nitrogens with zero attached hydrogens (tertiary/aromatic N) is 1. The maximum atomic E-state index is 10.8. The van der Waals surface area contributed by atoms with E-state index in [0.717, 1.165) is 25.9 Å². The van der Waals surface area contributed by atoms with Crippen molar-refractivity contribution >= 4 is 53.8 Å². The molecule has 1 aliphatic heterocycles. The fraction of sp³-hybridized carbons (Fsp3) is 0.900. The first-order chi connectivity index (χ1) is 7.84. The van der Waals surface area contributed by atoms with Gasteiger partial charge >= 0.3 is 5.97 Å². The van der Waals surface area contributed by atoms with E-state index in [1.807, 2.05) is 0 Å². The van der Waals surface area contributed by atoms with Gasteiger partial charge in [0.05, 0.1) is 14.2 Å². The fourth-order valence-corrected chi connectivity index (χ4v) is 4.67. The molecule has 7 heteroatoms. The fourth-order valence-electron chi connectivity index (χ4n) is 1.97. The number of alkyl halides is 3. The van der Waals surface area contributed by atoms with E-state index < -0.39 is 12.1 Å². The molecular formula is C10H14Br3NO3. The summed E-state index contributed by atoms with van der Waals surface area (Å²) in [6.45, 7) is 2.68. The van der Waals surface area contributed by atoms with Gasteiger partial charge in [0.25, 0.3) is 0 Å². The molecule has 2 unspecified atom stereocenters. The second-order valence-electron chi connectivity index (χ2n) is 4.59. The number of rotatable bonds is 4. The van der Waals surface area contributed by atoms with Crippen molar-refractivity contribution in [1.82, 2.24) is 4.90 Å². The molecule has 0 aromatic carbocycles. The second-order valence-corrected chi connectivity index (χ2v) is 9.88. The quantitative estimate of drug-likeness (QED) is 0.688. The lowest BCUT2D eigenvalue weighted by atomic mass is 10.2. The van der Waals surface area contributed by atoms with E-state index in [0.29, 0.717) is 13.2 Å². The van der Waals surface area contributed by atoms with Crippen LogP contribution in [-0.4, -0.2) is 55.9 Å². The van der Waals surface area contributed by atoms with Gasteiger partial charge in [0.1, 0.15) is 0 Å². The highest BCUT2D eigenvalue weighted by molar-refractivity contribution is 9.26. The standard InChI is InChI=1S/C10H14Br3NO3/c11-9(6-10(9,12)13)1-2-14-3-4-17-7(5-14)8(15)16/h7H,1-6H2,(H,15,16). The lowest BCUT2D eigenvalue weighted by molar-refractivity contribution is -0.156. The van der Waals surface area contributed by atoms with Crippen molar-refractivity contribution in [2.45, 2.75) is 26.5 Å². The first-order valence-corrected chi connectivity index (χ1v) is 7.85. The van der Waals surface area contributed by atoms with Gasteiger partial charge in [-0.3, -0.25) is 4.90 Å². The average molecular weight is 436 g/mol. The first kappa shape index (κ1) is 14.2. The molecule has 1 saturated heterocycles. The van der Waals surface area contributed by atoms with Crippen molar-refractivity contribution in [3.8, 4) is 0 Å².